The van der Waals surface area contributed by atoms with Crippen LogP contribution in [0.1, 0.15) is 35.3 Å². The number of benzene rings is 2. The van der Waals surface area contributed by atoms with Crippen LogP contribution in [0.4, 0.5) is 10.1 Å². The Kier molecular flexibility index (Phi) is 4.70. The van der Waals surface area contributed by atoms with Gasteiger partial charge in [0.15, 0.2) is 0 Å². The zero-order valence-corrected chi connectivity index (χ0v) is 15.6. The number of allylic oxidation sites excluding steroid dienone is 2. The summed E-state index contributed by atoms with van der Waals surface area (Å²) in [4.78, 5) is 25.2. The van der Waals surface area contributed by atoms with Gasteiger partial charge in [0.25, 0.3) is 0 Å². The number of amides is 2. The average molecular weight is 364 g/mol. The topological polar surface area (TPSA) is 63.4 Å². The molecule has 0 aliphatic heterocycles. The van der Waals surface area contributed by atoms with Crippen molar-refractivity contribution in [1.29, 1.82) is 0 Å². The lowest BCUT2D eigenvalue weighted by molar-refractivity contribution is -0.113. The highest BCUT2D eigenvalue weighted by Gasteiger charge is 2.28. The molecule has 27 heavy (non-hydrogen) atoms. The maximum absolute atomic E-state index is 15.1. The van der Waals surface area contributed by atoms with Crippen molar-refractivity contribution in [3.05, 3.63) is 71.1 Å². The number of likely N-dealkylation sites (N-methyl/N-ethyl adjacent to an activating group) is 1. The van der Waals surface area contributed by atoms with Gasteiger partial charge in [-0.15, -0.1) is 0 Å². The Balaban J connectivity index is 2.25. The van der Waals surface area contributed by atoms with Gasteiger partial charge in [-0.25, -0.2) is 4.39 Å². The summed E-state index contributed by atoms with van der Waals surface area (Å²) in [5, 5.41) is 0. The fraction of sp³-hybridized carbons (Fsp3) is 0.182. The van der Waals surface area contributed by atoms with Crippen LogP contribution in [0.5, 0.6) is 0 Å². The number of primary amides is 1. The van der Waals surface area contributed by atoms with Gasteiger partial charge in [0.1, 0.15) is 5.82 Å². The Morgan fingerprint density at radius 3 is 2.56 bits per heavy atom. The van der Waals surface area contributed by atoms with Crippen LogP contribution in [0.25, 0.3) is 16.7 Å². The standard InChI is InChI=1S/C22H21FN2O2/c1-5-19(26)25(4)15-8-6-7-14(10-15)21-18(23)11-17(22(24)27)16-9-12(2)13(3)20(16)21/h5-8,10-11H,1,9H2,2-4H3,(H2,24,27). The summed E-state index contributed by atoms with van der Waals surface area (Å²) in [7, 11) is 1.63. The van der Waals surface area contributed by atoms with E-state index in [1.807, 2.05) is 13.8 Å². The van der Waals surface area contributed by atoms with Crippen LogP contribution in [0.3, 0.4) is 0 Å². The number of fused-ring (bicyclic) bond motifs is 1. The van der Waals surface area contributed by atoms with Crippen molar-refractivity contribution in [1.82, 2.24) is 0 Å². The second-order valence-electron chi connectivity index (χ2n) is 6.73. The van der Waals surface area contributed by atoms with Crippen LogP contribution in [0.2, 0.25) is 0 Å². The molecule has 2 N–H and O–H groups in total. The smallest absolute Gasteiger partial charge is 0.250 e. The van der Waals surface area contributed by atoms with Crippen molar-refractivity contribution in [2.45, 2.75) is 20.3 Å². The van der Waals surface area contributed by atoms with Crippen molar-refractivity contribution in [3.8, 4) is 11.1 Å². The number of carbonyl (C=O) groups is 2. The molecule has 2 aromatic rings. The minimum Gasteiger partial charge on any atom is -0.366 e. The van der Waals surface area contributed by atoms with Crippen molar-refractivity contribution >= 4 is 23.1 Å². The van der Waals surface area contributed by atoms with Gasteiger partial charge in [-0.3, -0.25) is 9.59 Å². The van der Waals surface area contributed by atoms with E-state index in [9.17, 15) is 9.59 Å². The van der Waals surface area contributed by atoms with E-state index in [0.717, 1.165) is 22.3 Å². The Labute approximate surface area is 157 Å². The summed E-state index contributed by atoms with van der Waals surface area (Å²) in [6.45, 7) is 7.38. The lowest BCUT2D eigenvalue weighted by Crippen LogP contribution is -2.23. The molecule has 4 nitrogen and oxygen atoms in total. The summed E-state index contributed by atoms with van der Waals surface area (Å²) in [5.74, 6) is -1.40. The van der Waals surface area contributed by atoms with Crippen LogP contribution < -0.4 is 10.6 Å². The molecule has 3 rings (SSSR count). The summed E-state index contributed by atoms with van der Waals surface area (Å²) >= 11 is 0. The van der Waals surface area contributed by atoms with E-state index in [0.29, 0.717) is 23.2 Å². The van der Waals surface area contributed by atoms with Crippen LogP contribution in [0, 0.1) is 5.82 Å². The molecule has 0 aromatic heterocycles. The van der Waals surface area contributed by atoms with Gasteiger partial charge in [0.2, 0.25) is 11.8 Å². The summed E-state index contributed by atoms with van der Waals surface area (Å²) < 4.78 is 15.1. The third kappa shape index (κ3) is 3.05. The predicted molar refractivity (Wildman–Crippen MR) is 106 cm³/mol. The zero-order chi connectivity index (χ0) is 19.9. The SMILES string of the molecule is C=CC(=O)N(C)c1cccc(-c2c(F)cc(C(N)=O)c3c2C(C)=C(C)C3)c1. The van der Waals surface area contributed by atoms with Crippen molar-refractivity contribution in [3.63, 3.8) is 0 Å². The first-order valence-corrected chi connectivity index (χ1v) is 8.58. The number of halogens is 1. The van der Waals surface area contributed by atoms with Crippen LogP contribution in [-0.2, 0) is 11.2 Å². The number of rotatable bonds is 4. The molecule has 0 saturated carbocycles. The number of nitrogens with two attached hydrogens (primary N) is 1. The van der Waals surface area contributed by atoms with Gasteiger partial charge in [-0.2, -0.15) is 0 Å². The first kappa shape index (κ1) is 18.6. The number of nitrogens with zero attached hydrogens (tertiary/aromatic N) is 1. The molecule has 0 radical (unpaired) electrons. The summed E-state index contributed by atoms with van der Waals surface area (Å²) in [6, 6.07) is 8.30. The Bertz CT molecular complexity index is 1020. The Morgan fingerprint density at radius 1 is 1.22 bits per heavy atom. The molecule has 0 fully saturated rings. The van der Waals surface area contributed by atoms with E-state index < -0.39 is 11.7 Å². The first-order valence-electron chi connectivity index (χ1n) is 8.58. The fourth-order valence-corrected chi connectivity index (χ4v) is 3.54. The molecule has 5 heteroatoms. The minimum absolute atomic E-state index is 0.220. The fourth-order valence-electron chi connectivity index (χ4n) is 3.54. The van der Waals surface area contributed by atoms with Gasteiger partial charge < -0.3 is 10.6 Å². The maximum Gasteiger partial charge on any atom is 0.250 e. The molecule has 0 spiro atoms. The lowest BCUT2D eigenvalue weighted by Gasteiger charge is -2.18. The highest BCUT2D eigenvalue weighted by molar-refractivity contribution is 6.02. The molecule has 2 aromatic carbocycles. The van der Waals surface area contributed by atoms with Crippen LogP contribution >= 0.6 is 0 Å². The average Bonchev–Trinajstić information content (AvgIpc) is 2.94. The van der Waals surface area contributed by atoms with Crippen molar-refractivity contribution in [2.24, 2.45) is 5.73 Å². The molecule has 0 atom stereocenters. The number of anilines is 1. The van der Waals surface area contributed by atoms with Gasteiger partial charge in [-0.1, -0.05) is 24.3 Å². The van der Waals surface area contributed by atoms with E-state index in [-0.39, 0.29) is 11.5 Å². The largest absolute Gasteiger partial charge is 0.366 e. The van der Waals surface area contributed by atoms with Gasteiger partial charge >= 0.3 is 0 Å². The monoisotopic (exact) mass is 364 g/mol. The molecule has 138 valence electrons. The molecular weight excluding hydrogens is 343 g/mol. The number of hydrogen-bond acceptors (Lipinski definition) is 2. The third-order valence-electron chi connectivity index (χ3n) is 5.14. The molecule has 0 unspecified atom stereocenters. The normalized spacial score (nSPS) is 12.7. The first-order chi connectivity index (χ1) is 12.8. The highest BCUT2D eigenvalue weighted by atomic mass is 19.1. The molecule has 1 aliphatic rings. The maximum atomic E-state index is 15.1. The summed E-state index contributed by atoms with van der Waals surface area (Å²) in [6.07, 6.45) is 1.80. The second-order valence-corrected chi connectivity index (χ2v) is 6.73. The quantitative estimate of drug-likeness (QED) is 0.831. The molecule has 2 amide bonds. The second kappa shape index (κ2) is 6.83. The minimum atomic E-state index is -0.635. The van der Waals surface area contributed by atoms with E-state index in [1.165, 1.54) is 17.0 Å². The molecule has 0 heterocycles. The Morgan fingerprint density at radius 2 is 1.93 bits per heavy atom. The van der Waals surface area contributed by atoms with Gasteiger partial charge in [-0.05, 0) is 66.8 Å². The molecule has 0 saturated heterocycles. The third-order valence-corrected chi connectivity index (χ3v) is 5.14. The van der Waals surface area contributed by atoms with Gasteiger partial charge in [0, 0.05) is 23.9 Å². The van der Waals surface area contributed by atoms with E-state index in [4.69, 9.17) is 5.73 Å². The van der Waals surface area contributed by atoms with Crippen LogP contribution in [0.15, 0.2) is 48.6 Å². The highest BCUT2D eigenvalue weighted by Crippen LogP contribution is 2.43. The number of hydrogen-bond donors (Lipinski definition) is 1. The van der Waals surface area contributed by atoms with E-state index in [2.05, 4.69) is 6.58 Å². The predicted octanol–water partition coefficient (Wildman–Crippen LogP) is 4.09. The van der Waals surface area contributed by atoms with Gasteiger partial charge in [0.05, 0.1) is 0 Å². The summed E-state index contributed by atoms with van der Waals surface area (Å²) in [5.41, 5.74) is 10.9. The van der Waals surface area contributed by atoms with E-state index >= 15 is 4.39 Å². The van der Waals surface area contributed by atoms with Crippen LogP contribution in [-0.4, -0.2) is 18.9 Å². The zero-order valence-electron chi connectivity index (χ0n) is 15.6. The van der Waals surface area contributed by atoms with Crippen molar-refractivity contribution in [2.75, 3.05) is 11.9 Å². The molecule has 0 bridgehead atoms. The molecular formula is C22H21FN2O2. The van der Waals surface area contributed by atoms with Crippen molar-refractivity contribution < 1.29 is 14.0 Å². The Hall–Kier alpha value is -3.21. The van der Waals surface area contributed by atoms with E-state index in [1.54, 1.807) is 31.3 Å². The number of carbonyl (C=O) groups excluding carboxylic acids is 2. The lowest BCUT2D eigenvalue weighted by atomic mass is 9.90. The molecule has 1 aliphatic carbocycles.